The first kappa shape index (κ1) is 14.1. The maximum atomic E-state index is 12.1. The summed E-state index contributed by atoms with van der Waals surface area (Å²) in [5, 5.41) is 2.94. The molecule has 0 bridgehead atoms. The second-order valence-corrected chi connectivity index (χ2v) is 4.84. The lowest BCUT2D eigenvalue weighted by Crippen LogP contribution is -2.15. The van der Waals surface area contributed by atoms with E-state index < -0.39 is 0 Å². The lowest BCUT2D eigenvalue weighted by molar-refractivity contribution is -0.115. The van der Waals surface area contributed by atoms with Gasteiger partial charge in [0.1, 0.15) is 5.75 Å². The molecule has 2 aromatic carbocycles. The highest BCUT2D eigenvalue weighted by molar-refractivity contribution is 5.92. The molecule has 104 valence electrons. The highest BCUT2D eigenvalue weighted by Crippen LogP contribution is 2.19. The number of methoxy groups -OCH3 is 1. The predicted octanol–water partition coefficient (Wildman–Crippen LogP) is 3.49. The van der Waals surface area contributed by atoms with E-state index in [1.165, 1.54) is 0 Å². The van der Waals surface area contributed by atoms with E-state index in [0.29, 0.717) is 6.42 Å². The van der Waals surface area contributed by atoms with Crippen LogP contribution in [-0.4, -0.2) is 13.0 Å². The summed E-state index contributed by atoms with van der Waals surface area (Å²) in [7, 11) is 1.65. The van der Waals surface area contributed by atoms with E-state index in [1.54, 1.807) is 7.11 Å². The summed E-state index contributed by atoms with van der Waals surface area (Å²) in [6, 6.07) is 13.6. The Labute approximate surface area is 119 Å². The minimum absolute atomic E-state index is 0.0103. The largest absolute Gasteiger partial charge is 0.496 e. The third kappa shape index (κ3) is 3.38. The van der Waals surface area contributed by atoms with Crippen LogP contribution in [0.4, 0.5) is 5.69 Å². The predicted molar refractivity (Wildman–Crippen MR) is 81.2 cm³/mol. The first-order chi connectivity index (χ1) is 9.60. The number of aryl methyl sites for hydroxylation is 2. The third-order valence-electron chi connectivity index (χ3n) is 3.24. The molecular weight excluding hydrogens is 250 g/mol. The molecule has 3 heteroatoms. The molecule has 0 radical (unpaired) electrons. The van der Waals surface area contributed by atoms with Crippen molar-refractivity contribution in [3.05, 3.63) is 59.2 Å². The monoisotopic (exact) mass is 269 g/mol. The Hall–Kier alpha value is -2.29. The summed E-state index contributed by atoms with van der Waals surface area (Å²) in [6.07, 6.45) is 0.360. The normalized spacial score (nSPS) is 10.2. The summed E-state index contributed by atoms with van der Waals surface area (Å²) >= 11 is 0. The third-order valence-corrected chi connectivity index (χ3v) is 3.24. The van der Waals surface area contributed by atoms with Crippen molar-refractivity contribution in [2.75, 3.05) is 12.4 Å². The number of ether oxygens (including phenoxy) is 1. The minimum Gasteiger partial charge on any atom is -0.496 e. The summed E-state index contributed by atoms with van der Waals surface area (Å²) in [4.78, 5) is 12.1. The SMILES string of the molecule is COc1ccc(CC(=O)Nc2ccccc2C)cc1C. The topological polar surface area (TPSA) is 38.3 Å². The molecule has 0 aliphatic heterocycles. The summed E-state index contributed by atoms with van der Waals surface area (Å²) in [5.41, 5.74) is 3.94. The van der Waals surface area contributed by atoms with Gasteiger partial charge in [-0.15, -0.1) is 0 Å². The maximum absolute atomic E-state index is 12.1. The Balaban J connectivity index is 2.05. The van der Waals surface area contributed by atoms with E-state index in [4.69, 9.17) is 4.74 Å². The highest BCUT2D eigenvalue weighted by atomic mass is 16.5. The summed E-state index contributed by atoms with van der Waals surface area (Å²) < 4.78 is 5.22. The van der Waals surface area contributed by atoms with E-state index in [0.717, 1.165) is 28.1 Å². The molecule has 2 aromatic rings. The van der Waals surface area contributed by atoms with Crippen molar-refractivity contribution >= 4 is 11.6 Å². The number of benzene rings is 2. The number of para-hydroxylation sites is 1. The zero-order valence-electron chi connectivity index (χ0n) is 12.1. The van der Waals surface area contributed by atoms with Gasteiger partial charge in [-0.25, -0.2) is 0 Å². The molecule has 3 nitrogen and oxygen atoms in total. The second-order valence-electron chi connectivity index (χ2n) is 4.84. The Morgan fingerprint density at radius 3 is 2.50 bits per heavy atom. The van der Waals surface area contributed by atoms with Crippen LogP contribution in [0.1, 0.15) is 16.7 Å². The quantitative estimate of drug-likeness (QED) is 0.922. The molecule has 0 fully saturated rings. The molecule has 0 atom stereocenters. The average molecular weight is 269 g/mol. The van der Waals surface area contributed by atoms with Crippen molar-refractivity contribution in [3.63, 3.8) is 0 Å². The van der Waals surface area contributed by atoms with Gasteiger partial charge in [0.25, 0.3) is 0 Å². The van der Waals surface area contributed by atoms with Crippen molar-refractivity contribution in [2.24, 2.45) is 0 Å². The second kappa shape index (κ2) is 6.24. The zero-order chi connectivity index (χ0) is 14.5. The van der Waals surface area contributed by atoms with Crippen LogP contribution in [0.3, 0.4) is 0 Å². The molecule has 1 N–H and O–H groups in total. The van der Waals surface area contributed by atoms with Gasteiger partial charge >= 0.3 is 0 Å². The Morgan fingerprint density at radius 2 is 1.85 bits per heavy atom. The highest BCUT2D eigenvalue weighted by Gasteiger charge is 2.07. The first-order valence-electron chi connectivity index (χ1n) is 6.59. The number of nitrogens with one attached hydrogen (secondary N) is 1. The van der Waals surface area contributed by atoms with Gasteiger partial charge in [0.15, 0.2) is 0 Å². The molecule has 0 aromatic heterocycles. The molecule has 0 spiro atoms. The van der Waals surface area contributed by atoms with Crippen LogP contribution in [0, 0.1) is 13.8 Å². The average Bonchev–Trinajstić information content (AvgIpc) is 2.41. The number of anilines is 1. The number of rotatable bonds is 4. The Bertz CT molecular complexity index is 620. The molecule has 0 aliphatic rings. The van der Waals surface area contributed by atoms with Gasteiger partial charge in [0, 0.05) is 5.69 Å². The molecule has 0 saturated carbocycles. The van der Waals surface area contributed by atoms with Gasteiger partial charge in [-0.3, -0.25) is 4.79 Å². The van der Waals surface area contributed by atoms with Crippen LogP contribution < -0.4 is 10.1 Å². The number of carbonyl (C=O) groups is 1. The number of hydrogen-bond donors (Lipinski definition) is 1. The first-order valence-corrected chi connectivity index (χ1v) is 6.59. The Kier molecular flexibility index (Phi) is 4.41. The fourth-order valence-corrected chi connectivity index (χ4v) is 2.14. The van der Waals surface area contributed by atoms with Crippen LogP contribution in [0.25, 0.3) is 0 Å². The van der Waals surface area contributed by atoms with Crippen LogP contribution in [-0.2, 0) is 11.2 Å². The lowest BCUT2D eigenvalue weighted by Gasteiger charge is -2.09. The summed E-state index contributed by atoms with van der Waals surface area (Å²) in [5.74, 6) is 0.830. The van der Waals surface area contributed by atoms with Crippen molar-refractivity contribution in [3.8, 4) is 5.75 Å². The van der Waals surface area contributed by atoms with E-state index >= 15 is 0 Å². The summed E-state index contributed by atoms with van der Waals surface area (Å²) in [6.45, 7) is 3.95. The number of amides is 1. The smallest absolute Gasteiger partial charge is 0.228 e. The standard InChI is InChI=1S/C17H19NO2/c1-12-6-4-5-7-15(12)18-17(19)11-14-8-9-16(20-3)13(2)10-14/h4-10H,11H2,1-3H3,(H,18,19). The van der Waals surface area contributed by atoms with Crippen molar-refractivity contribution < 1.29 is 9.53 Å². The minimum atomic E-state index is -0.0103. The van der Waals surface area contributed by atoms with Crippen LogP contribution in [0.2, 0.25) is 0 Å². The number of carbonyl (C=O) groups excluding carboxylic acids is 1. The molecule has 0 saturated heterocycles. The van der Waals surface area contributed by atoms with Gasteiger partial charge in [0.2, 0.25) is 5.91 Å². The maximum Gasteiger partial charge on any atom is 0.228 e. The van der Waals surface area contributed by atoms with E-state index in [1.807, 2.05) is 56.3 Å². The van der Waals surface area contributed by atoms with Gasteiger partial charge < -0.3 is 10.1 Å². The van der Waals surface area contributed by atoms with Gasteiger partial charge in [-0.2, -0.15) is 0 Å². The van der Waals surface area contributed by atoms with Gasteiger partial charge in [0.05, 0.1) is 13.5 Å². The molecule has 1 amide bonds. The molecule has 20 heavy (non-hydrogen) atoms. The van der Waals surface area contributed by atoms with Gasteiger partial charge in [-0.1, -0.05) is 30.3 Å². The lowest BCUT2D eigenvalue weighted by atomic mass is 10.1. The fourth-order valence-electron chi connectivity index (χ4n) is 2.14. The van der Waals surface area contributed by atoms with Crippen molar-refractivity contribution in [2.45, 2.75) is 20.3 Å². The van der Waals surface area contributed by atoms with E-state index in [-0.39, 0.29) is 5.91 Å². The molecule has 0 heterocycles. The van der Waals surface area contributed by atoms with Crippen molar-refractivity contribution in [1.82, 2.24) is 0 Å². The molecular formula is C17H19NO2. The van der Waals surface area contributed by atoms with Gasteiger partial charge in [-0.05, 0) is 42.7 Å². The van der Waals surface area contributed by atoms with E-state index in [9.17, 15) is 4.79 Å². The van der Waals surface area contributed by atoms with Crippen LogP contribution in [0.15, 0.2) is 42.5 Å². The van der Waals surface area contributed by atoms with Crippen LogP contribution >= 0.6 is 0 Å². The van der Waals surface area contributed by atoms with Crippen LogP contribution in [0.5, 0.6) is 5.75 Å². The molecule has 0 unspecified atom stereocenters. The Morgan fingerprint density at radius 1 is 1.10 bits per heavy atom. The zero-order valence-corrected chi connectivity index (χ0v) is 12.1. The fraction of sp³-hybridized carbons (Fsp3) is 0.235. The molecule has 2 rings (SSSR count). The molecule has 0 aliphatic carbocycles. The van der Waals surface area contributed by atoms with E-state index in [2.05, 4.69) is 5.32 Å². The number of hydrogen-bond acceptors (Lipinski definition) is 2. The van der Waals surface area contributed by atoms with Crippen molar-refractivity contribution in [1.29, 1.82) is 0 Å².